The number of hydrogen-bond acceptors (Lipinski definition) is 4. The summed E-state index contributed by atoms with van der Waals surface area (Å²) in [5.41, 5.74) is 2.15. The zero-order valence-corrected chi connectivity index (χ0v) is 13.4. The third kappa shape index (κ3) is 2.41. The highest BCUT2D eigenvalue weighted by Crippen LogP contribution is 2.31. The van der Waals surface area contributed by atoms with Gasteiger partial charge in [0, 0.05) is 35.5 Å². The first-order valence-electron chi connectivity index (χ1n) is 7.49. The molecular formula is C17H21N3O2. The second kappa shape index (κ2) is 5.25. The molecule has 0 unspecified atom stereocenters. The van der Waals surface area contributed by atoms with Gasteiger partial charge in [-0.15, -0.1) is 0 Å². The first-order chi connectivity index (χ1) is 10.4. The predicted molar refractivity (Wildman–Crippen MR) is 88.4 cm³/mol. The Morgan fingerprint density at radius 3 is 2.73 bits per heavy atom. The molecule has 1 N–H and O–H groups in total. The Hall–Kier alpha value is -2.14. The fraction of sp³-hybridized carbons (Fsp3) is 0.412. The quantitative estimate of drug-likeness (QED) is 0.807. The minimum Gasteiger partial charge on any atom is -0.406 e. The van der Waals surface area contributed by atoms with E-state index in [1.807, 2.05) is 25.4 Å². The molecule has 0 fully saturated rings. The van der Waals surface area contributed by atoms with Gasteiger partial charge >= 0.3 is 5.76 Å². The molecule has 5 heteroatoms. The second-order valence-electron chi connectivity index (χ2n) is 6.57. The summed E-state index contributed by atoms with van der Waals surface area (Å²) in [5, 5.41) is 5.11. The Balaban J connectivity index is 2.38. The second-order valence-corrected chi connectivity index (χ2v) is 6.57. The highest BCUT2D eigenvalue weighted by Gasteiger charge is 2.22. The SMILES string of the molecule is CNCCn1ccc2ccc3c(C(C)(C)C)nc(=O)oc3c21. The van der Waals surface area contributed by atoms with Crippen LogP contribution in [0.1, 0.15) is 26.5 Å². The maximum atomic E-state index is 11.9. The first-order valence-corrected chi connectivity index (χ1v) is 7.49. The van der Waals surface area contributed by atoms with Crippen molar-refractivity contribution in [2.24, 2.45) is 0 Å². The molecule has 0 bridgehead atoms. The van der Waals surface area contributed by atoms with Crippen LogP contribution < -0.4 is 11.1 Å². The van der Waals surface area contributed by atoms with Crippen LogP contribution in [0.2, 0.25) is 0 Å². The lowest BCUT2D eigenvalue weighted by atomic mass is 9.89. The van der Waals surface area contributed by atoms with Crippen molar-refractivity contribution < 1.29 is 4.42 Å². The van der Waals surface area contributed by atoms with Crippen molar-refractivity contribution in [3.63, 3.8) is 0 Å². The Bertz CT molecular complexity index is 884. The molecule has 2 heterocycles. The van der Waals surface area contributed by atoms with Gasteiger partial charge in [-0.3, -0.25) is 0 Å². The van der Waals surface area contributed by atoms with Crippen molar-refractivity contribution in [3.05, 3.63) is 40.6 Å². The highest BCUT2D eigenvalue weighted by molar-refractivity contribution is 6.03. The van der Waals surface area contributed by atoms with Gasteiger partial charge < -0.3 is 14.3 Å². The Kier molecular flexibility index (Phi) is 3.53. The van der Waals surface area contributed by atoms with Gasteiger partial charge in [-0.25, -0.2) is 4.79 Å². The van der Waals surface area contributed by atoms with Crippen LogP contribution >= 0.6 is 0 Å². The van der Waals surface area contributed by atoms with Crippen LogP contribution in [0, 0.1) is 0 Å². The predicted octanol–water partition coefficient (Wildman–Crippen LogP) is 2.66. The normalized spacial score (nSPS) is 12.4. The lowest BCUT2D eigenvalue weighted by Gasteiger charge is -2.19. The molecule has 5 nitrogen and oxygen atoms in total. The monoisotopic (exact) mass is 299 g/mol. The van der Waals surface area contributed by atoms with Gasteiger partial charge in [-0.05, 0) is 19.2 Å². The van der Waals surface area contributed by atoms with Crippen molar-refractivity contribution in [2.75, 3.05) is 13.6 Å². The van der Waals surface area contributed by atoms with E-state index in [4.69, 9.17) is 4.42 Å². The van der Waals surface area contributed by atoms with Crippen LogP contribution in [0.5, 0.6) is 0 Å². The lowest BCUT2D eigenvalue weighted by molar-refractivity contribution is 0.498. The van der Waals surface area contributed by atoms with Crippen molar-refractivity contribution in [2.45, 2.75) is 32.7 Å². The Labute approximate surface area is 129 Å². The number of likely N-dealkylation sites (N-methyl/N-ethyl adjacent to an activating group) is 1. The molecule has 116 valence electrons. The average Bonchev–Trinajstić information content (AvgIpc) is 2.86. The maximum Gasteiger partial charge on any atom is 0.439 e. The largest absolute Gasteiger partial charge is 0.439 e. The molecule has 2 aromatic heterocycles. The number of hydrogen-bond donors (Lipinski definition) is 1. The van der Waals surface area contributed by atoms with Gasteiger partial charge in [0.15, 0.2) is 5.58 Å². The fourth-order valence-corrected chi connectivity index (χ4v) is 2.80. The van der Waals surface area contributed by atoms with Crippen LogP contribution in [0.25, 0.3) is 21.9 Å². The molecule has 0 amide bonds. The van der Waals surface area contributed by atoms with Crippen LogP contribution in [0.15, 0.2) is 33.6 Å². The molecule has 0 saturated carbocycles. The number of nitrogens with zero attached hydrogens (tertiary/aromatic N) is 2. The van der Waals surface area contributed by atoms with Crippen LogP contribution in [-0.4, -0.2) is 23.1 Å². The molecule has 3 aromatic rings. The zero-order valence-electron chi connectivity index (χ0n) is 13.4. The number of fused-ring (bicyclic) bond motifs is 3. The molecule has 0 saturated heterocycles. The van der Waals surface area contributed by atoms with Gasteiger partial charge in [-0.1, -0.05) is 26.8 Å². The smallest absolute Gasteiger partial charge is 0.406 e. The molecule has 3 rings (SSSR count). The van der Waals surface area contributed by atoms with E-state index >= 15 is 0 Å². The van der Waals surface area contributed by atoms with Crippen molar-refractivity contribution in [1.29, 1.82) is 0 Å². The minimum absolute atomic E-state index is 0.218. The number of rotatable bonds is 3. The van der Waals surface area contributed by atoms with Crippen molar-refractivity contribution in [1.82, 2.24) is 14.9 Å². The molecular weight excluding hydrogens is 278 g/mol. The number of benzene rings is 1. The summed E-state index contributed by atoms with van der Waals surface area (Å²) in [7, 11) is 1.92. The topological polar surface area (TPSA) is 60.1 Å². The molecule has 1 aromatic carbocycles. The summed E-state index contributed by atoms with van der Waals surface area (Å²) in [6.45, 7) is 7.83. The van der Waals surface area contributed by atoms with Crippen LogP contribution in [-0.2, 0) is 12.0 Å². The van der Waals surface area contributed by atoms with E-state index in [2.05, 4.69) is 41.7 Å². The van der Waals surface area contributed by atoms with Gasteiger partial charge in [0.05, 0.1) is 11.2 Å². The average molecular weight is 299 g/mol. The van der Waals surface area contributed by atoms with Crippen molar-refractivity contribution >= 4 is 21.9 Å². The van der Waals surface area contributed by atoms with E-state index in [9.17, 15) is 4.79 Å². The van der Waals surface area contributed by atoms with E-state index in [1.165, 1.54) is 0 Å². The molecule has 0 aliphatic heterocycles. The highest BCUT2D eigenvalue weighted by atomic mass is 16.4. The van der Waals surface area contributed by atoms with E-state index in [1.54, 1.807) is 0 Å². The van der Waals surface area contributed by atoms with Crippen molar-refractivity contribution in [3.8, 4) is 0 Å². The summed E-state index contributed by atoms with van der Waals surface area (Å²) >= 11 is 0. The Morgan fingerprint density at radius 1 is 1.27 bits per heavy atom. The number of aromatic nitrogens is 2. The third-order valence-corrected chi connectivity index (χ3v) is 3.84. The first kappa shape index (κ1) is 14.8. The summed E-state index contributed by atoms with van der Waals surface area (Å²) in [5.74, 6) is -0.536. The molecule has 0 spiro atoms. The molecule has 22 heavy (non-hydrogen) atoms. The van der Waals surface area contributed by atoms with Crippen LogP contribution in [0.3, 0.4) is 0 Å². The molecule has 0 aliphatic carbocycles. The van der Waals surface area contributed by atoms with E-state index < -0.39 is 5.76 Å². The minimum atomic E-state index is -0.536. The van der Waals surface area contributed by atoms with Gasteiger partial charge in [-0.2, -0.15) is 4.98 Å². The Morgan fingerprint density at radius 2 is 2.05 bits per heavy atom. The summed E-state index contributed by atoms with van der Waals surface area (Å²) < 4.78 is 7.60. The summed E-state index contributed by atoms with van der Waals surface area (Å²) in [6, 6.07) is 6.10. The summed E-state index contributed by atoms with van der Waals surface area (Å²) in [4.78, 5) is 16.1. The summed E-state index contributed by atoms with van der Waals surface area (Å²) in [6.07, 6.45) is 2.03. The lowest BCUT2D eigenvalue weighted by Crippen LogP contribution is -2.20. The van der Waals surface area contributed by atoms with Gasteiger partial charge in [0.1, 0.15) is 0 Å². The zero-order chi connectivity index (χ0) is 15.9. The fourth-order valence-electron chi connectivity index (χ4n) is 2.80. The molecule has 0 atom stereocenters. The molecule has 0 radical (unpaired) electrons. The van der Waals surface area contributed by atoms with Gasteiger partial charge in [0.2, 0.25) is 0 Å². The van der Waals surface area contributed by atoms with Crippen LogP contribution in [0.4, 0.5) is 0 Å². The number of nitrogens with one attached hydrogen (secondary N) is 1. The molecule has 0 aliphatic rings. The maximum absolute atomic E-state index is 11.9. The third-order valence-electron chi connectivity index (χ3n) is 3.84. The van der Waals surface area contributed by atoms with E-state index in [-0.39, 0.29) is 5.41 Å². The van der Waals surface area contributed by atoms with E-state index in [0.717, 1.165) is 35.1 Å². The standard InChI is InChI=1S/C17H21N3O2/c1-17(2,3)15-12-6-5-11-7-9-20(10-8-18-4)13(11)14(12)22-16(21)19-15/h5-7,9,18H,8,10H2,1-4H3. The van der Waals surface area contributed by atoms with Gasteiger partial charge in [0.25, 0.3) is 0 Å². The van der Waals surface area contributed by atoms with E-state index in [0.29, 0.717) is 5.58 Å².